The largest absolute Gasteiger partial charge is 0.434 e. The fourth-order valence-electron chi connectivity index (χ4n) is 3.37. The highest BCUT2D eigenvalue weighted by molar-refractivity contribution is 7.17. The number of alkyl halides is 3. The second-order valence-electron chi connectivity index (χ2n) is 6.37. The number of carbonyl (C=O) groups is 1. The molecule has 1 aliphatic carbocycles. The molecular formula is C19H15F3N2OS. The Kier molecular flexibility index (Phi) is 4.19. The Labute approximate surface area is 151 Å². The van der Waals surface area contributed by atoms with E-state index in [0.717, 1.165) is 12.0 Å². The van der Waals surface area contributed by atoms with Gasteiger partial charge in [-0.3, -0.25) is 4.79 Å². The standard InChI is InChI=1S/C19H15F3N2OS/c20-19(21,22)17-14(10-16-15(24-17)7-8-26-16)18(25)23-13-6-5-11-3-1-2-4-12(11)9-13/h1-4,7-8,10,13H,5-6,9H2,(H,23,25)/t13-/m1/s1. The van der Waals surface area contributed by atoms with E-state index in [0.29, 0.717) is 17.5 Å². The fraction of sp³-hybridized carbons (Fsp3) is 0.263. The van der Waals surface area contributed by atoms with Crippen LogP contribution in [-0.2, 0) is 19.0 Å². The van der Waals surface area contributed by atoms with E-state index in [1.54, 1.807) is 5.38 Å². The predicted octanol–water partition coefficient (Wildman–Crippen LogP) is 4.60. The number of nitrogens with one attached hydrogen (secondary N) is 1. The van der Waals surface area contributed by atoms with Gasteiger partial charge in [0.1, 0.15) is 0 Å². The number of fused-ring (bicyclic) bond motifs is 2. The van der Waals surface area contributed by atoms with Crippen LogP contribution >= 0.6 is 11.3 Å². The van der Waals surface area contributed by atoms with E-state index >= 15 is 0 Å². The maximum absolute atomic E-state index is 13.4. The molecule has 0 radical (unpaired) electrons. The molecule has 0 fully saturated rings. The first-order valence-electron chi connectivity index (χ1n) is 8.25. The van der Waals surface area contributed by atoms with Gasteiger partial charge in [-0.1, -0.05) is 24.3 Å². The van der Waals surface area contributed by atoms with E-state index in [9.17, 15) is 18.0 Å². The summed E-state index contributed by atoms with van der Waals surface area (Å²) in [7, 11) is 0. The number of aryl methyl sites for hydroxylation is 1. The smallest absolute Gasteiger partial charge is 0.349 e. The molecule has 1 atom stereocenters. The summed E-state index contributed by atoms with van der Waals surface area (Å²) in [6.07, 6.45) is -2.55. The fourth-order valence-corrected chi connectivity index (χ4v) is 4.13. The lowest BCUT2D eigenvalue weighted by Crippen LogP contribution is -2.39. The minimum absolute atomic E-state index is 0.183. The first-order chi connectivity index (χ1) is 12.4. The molecule has 2 heterocycles. The van der Waals surface area contributed by atoms with Gasteiger partial charge in [0.25, 0.3) is 5.91 Å². The van der Waals surface area contributed by atoms with E-state index in [2.05, 4.69) is 10.3 Å². The number of hydrogen-bond donors (Lipinski definition) is 1. The van der Waals surface area contributed by atoms with E-state index in [1.807, 2.05) is 24.3 Å². The van der Waals surface area contributed by atoms with Crippen molar-refractivity contribution in [2.24, 2.45) is 0 Å². The summed E-state index contributed by atoms with van der Waals surface area (Å²) in [5.41, 5.74) is 1.08. The van der Waals surface area contributed by atoms with Gasteiger partial charge in [0.2, 0.25) is 0 Å². The van der Waals surface area contributed by atoms with Gasteiger partial charge in [0.05, 0.1) is 15.8 Å². The molecule has 3 nitrogen and oxygen atoms in total. The Morgan fingerprint density at radius 3 is 2.73 bits per heavy atom. The second kappa shape index (κ2) is 6.39. The van der Waals surface area contributed by atoms with Crippen molar-refractivity contribution in [3.8, 4) is 0 Å². The Morgan fingerprint density at radius 1 is 1.19 bits per heavy atom. The lowest BCUT2D eigenvalue weighted by molar-refractivity contribution is -0.141. The third-order valence-corrected chi connectivity index (χ3v) is 5.48. The summed E-state index contributed by atoms with van der Waals surface area (Å²) in [6.45, 7) is 0. The highest BCUT2D eigenvalue weighted by Gasteiger charge is 2.38. The number of carbonyl (C=O) groups excluding carboxylic acids is 1. The Balaban J connectivity index is 1.62. The molecule has 0 saturated carbocycles. The van der Waals surface area contributed by atoms with Gasteiger partial charge in [-0.2, -0.15) is 13.2 Å². The van der Waals surface area contributed by atoms with Crippen molar-refractivity contribution in [3.05, 3.63) is 64.2 Å². The lowest BCUT2D eigenvalue weighted by atomic mass is 9.88. The van der Waals surface area contributed by atoms with E-state index in [4.69, 9.17) is 0 Å². The van der Waals surface area contributed by atoms with Gasteiger partial charge >= 0.3 is 6.18 Å². The number of rotatable bonds is 2. The summed E-state index contributed by atoms with van der Waals surface area (Å²) < 4.78 is 40.7. The topological polar surface area (TPSA) is 42.0 Å². The molecule has 7 heteroatoms. The molecule has 1 N–H and O–H groups in total. The molecule has 0 unspecified atom stereocenters. The van der Waals surface area contributed by atoms with Crippen molar-refractivity contribution in [1.82, 2.24) is 10.3 Å². The zero-order chi connectivity index (χ0) is 18.3. The number of thiophene rings is 1. The van der Waals surface area contributed by atoms with Crippen molar-refractivity contribution < 1.29 is 18.0 Å². The van der Waals surface area contributed by atoms with Crippen LogP contribution in [0.15, 0.2) is 41.8 Å². The van der Waals surface area contributed by atoms with Gasteiger partial charge in [-0.25, -0.2) is 4.98 Å². The minimum Gasteiger partial charge on any atom is -0.349 e. The van der Waals surface area contributed by atoms with Crippen LogP contribution in [0.1, 0.15) is 33.6 Å². The molecule has 1 amide bonds. The molecule has 0 saturated heterocycles. The second-order valence-corrected chi connectivity index (χ2v) is 7.32. The molecule has 26 heavy (non-hydrogen) atoms. The van der Waals surface area contributed by atoms with Crippen LogP contribution in [0.5, 0.6) is 0 Å². The van der Waals surface area contributed by atoms with Gasteiger partial charge in [0.15, 0.2) is 5.69 Å². The zero-order valence-electron chi connectivity index (χ0n) is 13.6. The molecule has 0 aliphatic heterocycles. The lowest BCUT2D eigenvalue weighted by Gasteiger charge is -2.26. The Morgan fingerprint density at radius 2 is 1.96 bits per heavy atom. The maximum atomic E-state index is 13.4. The highest BCUT2D eigenvalue weighted by Crippen LogP contribution is 2.34. The molecule has 4 rings (SSSR count). The third-order valence-electron chi connectivity index (χ3n) is 4.63. The van der Waals surface area contributed by atoms with Crippen LogP contribution in [0.4, 0.5) is 13.2 Å². The van der Waals surface area contributed by atoms with Crippen LogP contribution in [0.2, 0.25) is 0 Å². The van der Waals surface area contributed by atoms with Gasteiger partial charge in [-0.05, 0) is 47.9 Å². The average molecular weight is 376 g/mol. The number of nitrogens with zero attached hydrogens (tertiary/aromatic N) is 1. The van der Waals surface area contributed by atoms with Gasteiger partial charge in [0, 0.05) is 6.04 Å². The van der Waals surface area contributed by atoms with Crippen LogP contribution in [0.3, 0.4) is 0 Å². The van der Waals surface area contributed by atoms with Crippen molar-refractivity contribution >= 4 is 27.5 Å². The summed E-state index contributed by atoms with van der Waals surface area (Å²) in [5, 5.41) is 4.44. The monoisotopic (exact) mass is 376 g/mol. The zero-order valence-corrected chi connectivity index (χ0v) is 14.5. The normalized spacial score (nSPS) is 17.1. The summed E-state index contributed by atoms with van der Waals surface area (Å²) in [5.74, 6) is -0.718. The molecule has 3 aromatic rings. The summed E-state index contributed by atoms with van der Waals surface area (Å²) in [6, 6.07) is 10.6. The summed E-state index contributed by atoms with van der Waals surface area (Å²) >= 11 is 1.27. The molecule has 1 aromatic carbocycles. The molecular weight excluding hydrogens is 361 g/mol. The first kappa shape index (κ1) is 17.0. The Bertz CT molecular complexity index is 980. The third kappa shape index (κ3) is 3.19. The Hall–Kier alpha value is -2.41. The van der Waals surface area contributed by atoms with Crippen LogP contribution in [0, 0.1) is 0 Å². The van der Waals surface area contributed by atoms with Crippen molar-refractivity contribution in [2.75, 3.05) is 0 Å². The minimum atomic E-state index is -4.68. The molecule has 1 aliphatic rings. The van der Waals surface area contributed by atoms with Gasteiger partial charge < -0.3 is 5.32 Å². The van der Waals surface area contributed by atoms with E-state index < -0.39 is 23.3 Å². The van der Waals surface area contributed by atoms with E-state index in [-0.39, 0.29) is 11.6 Å². The van der Waals surface area contributed by atoms with Crippen LogP contribution in [-0.4, -0.2) is 16.9 Å². The quantitative estimate of drug-likeness (QED) is 0.710. The van der Waals surface area contributed by atoms with Crippen LogP contribution in [0.25, 0.3) is 10.2 Å². The molecule has 134 valence electrons. The first-order valence-corrected chi connectivity index (χ1v) is 9.13. The molecule has 0 bridgehead atoms. The predicted molar refractivity (Wildman–Crippen MR) is 94.3 cm³/mol. The maximum Gasteiger partial charge on any atom is 0.434 e. The average Bonchev–Trinajstić information content (AvgIpc) is 3.07. The number of halogens is 3. The summed E-state index contributed by atoms with van der Waals surface area (Å²) in [4.78, 5) is 16.3. The van der Waals surface area contributed by atoms with Crippen LogP contribution < -0.4 is 5.32 Å². The highest BCUT2D eigenvalue weighted by atomic mass is 32.1. The number of aromatic nitrogens is 1. The molecule has 0 spiro atoms. The van der Waals surface area contributed by atoms with E-state index in [1.165, 1.54) is 29.0 Å². The number of pyridine rings is 1. The SMILES string of the molecule is O=C(N[C@@H]1CCc2ccccc2C1)c1cc2sccc2nc1C(F)(F)F. The number of amides is 1. The number of hydrogen-bond acceptors (Lipinski definition) is 3. The number of benzene rings is 1. The van der Waals surface area contributed by atoms with Gasteiger partial charge in [-0.15, -0.1) is 11.3 Å². The van der Waals surface area contributed by atoms with Crippen molar-refractivity contribution in [2.45, 2.75) is 31.5 Å². The van der Waals surface area contributed by atoms with Crippen molar-refractivity contribution in [1.29, 1.82) is 0 Å². The van der Waals surface area contributed by atoms with Crippen molar-refractivity contribution in [3.63, 3.8) is 0 Å². The molecule has 2 aromatic heterocycles.